The summed E-state index contributed by atoms with van der Waals surface area (Å²) < 4.78 is 45.5. The molecule has 0 aliphatic heterocycles. The number of carbonyl (C=O) groups excluding carboxylic acids is 1. The van der Waals surface area contributed by atoms with E-state index in [0.717, 1.165) is 11.3 Å². The fraction of sp³-hybridized carbons (Fsp3) is 0.533. The van der Waals surface area contributed by atoms with Gasteiger partial charge >= 0.3 is 6.18 Å². The molecule has 0 saturated heterocycles. The van der Waals surface area contributed by atoms with Crippen molar-refractivity contribution in [2.45, 2.75) is 38.4 Å². The number of rotatable bonds is 4. The van der Waals surface area contributed by atoms with E-state index in [9.17, 15) is 18.0 Å². The van der Waals surface area contributed by atoms with Gasteiger partial charge in [-0.05, 0) is 26.2 Å². The van der Waals surface area contributed by atoms with Crippen LogP contribution in [0.25, 0.3) is 11.5 Å². The molecule has 2 heterocycles. The summed E-state index contributed by atoms with van der Waals surface area (Å²) in [5.41, 5.74) is 0.482. The molecule has 130 valence electrons. The van der Waals surface area contributed by atoms with Crippen molar-refractivity contribution in [2.24, 2.45) is 7.05 Å². The summed E-state index contributed by atoms with van der Waals surface area (Å²) in [6, 6.07) is -0.392. The highest BCUT2D eigenvalue weighted by Crippen LogP contribution is 2.31. The first-order valence-corrected chi connectivity index (χ1v) is 7.59. The summed E-state index contributed by atoms with van der Waals surface area (Å²) in [5.74, 6) is -0.372. The SMILES string of the molecule is Cc1oc(-c2cnn(C)c2)nc1C(=O)N(CC(F)(F)F)C1CCC1. The Morgan fingerprint density at radius 1 is 1.46 bits per heavy atom. The van der Waals surface area contributed by atoms with E-state index in [-0.39, 0.29) is 17.3 Å². The summed E-state index contributed by atoms with van der Waals surface area (Å²) in [6.45, 7) is 0.248. The maximum atomic E-state index is 12.8. The van der Waals surface area contributed by atoms with Gasteiger partial charge in [0.15, 0.2) is 5.69 Å². The highest BCUT2D eigenvalue weighted by atomic mass is 19.4. The molecule has 1 saturated carbocycles. The van der Waals surface area contributed by atoms with Crippen molar-refractivity contribution in [3.63, 3.8) is 0 Å². The Bertz CT molecular complexity index is 746. The normalized spacial score (nSPS) is 15.4. The van der Waals surface area contributed by atoms with Gasteiger partial charge in [-0.3, -0.25) is 9.48 Å². The first-order chi connectivity index (χ1) is 11.2. The Morgan fingerprint density at radius 2 is 2.17 bits per heavy atom. The van der Waals surface area contributed by atoms with Crippen LogP contribution >= 0.6 is 0 Å². The number of alkyl halides is 3. The largest absolute Gasteiger partial charge is 0.440 e. The molecule has 1 amide bonds. The van der Waals surface area contributed by atoms with Crippen molar-refractivity contribution in [2.75, 3.05) is 6.54 Å². The van der Waals surface area contributed by atoms with Gasteiger partial charge in [0.25, 0.3) is 5.91 Å². The number of oxazole rings is 1. The molecule has 0 spiro atoms. The topological polar surface area (TPSA) is 64.2 Å². The van der Waals surface area contributed by atoms with Crippen LogP contribution in [-0.4, -0.2) is 44.3 Å². The van der Waals surface area contributed by atoms with E-state index in [1.165, 1.54) is 13.1 Å². The summed E-state index contributed by atoms with van der Waals surface area (Å²) in [5, 5.41) is 3.98. The zero-order valence-electron chi connectivity index (χ0n) is 13.3. The van der Waals surface area contributed by atoms with Crippen molar-refractivity contribution in [1.29, 1.82) is 0 Å². The van der Waals surface area contributed by atoms with E-state index in [1.54, 1.807) is 17.9 Å². The Hall–Kier alpha value is -2.32. The number of nitrogens with zero attached hydrogens (tertiary/aromatic N) is 4. The van der Waals surface area contributed by atoms with Crippen LogP contribution < -0.4 is 0 Å². The number of aryl methyl sites for hydroxylation is 2. The summed E-state index contributed by atoms with van der Waals surface area (Å²) in [6.07, 6.45) is 0.695. The van der Waals surface area contributed by atoms with E-state index >= 15 is 0 Å². The molecular formula is C15H17F3N4O2. The number of hydrogen-bond acceptors (Lipinski definition) is 4. The number of amides is 1. The fourth-order valence-electron chi connectivity index (χ4n) is 2.64. The van der Waals surface area contributed by atoms with Gasteiger partial charge < -0.3 is 9.32 Å². The predicted molar refractivity (Wildman–Crippen MR) is 78.2 cm³/mol. The highest BCUT2D eigenvalue weighted by molar-refractivity contribution is 5.94. The van der Waals surface area contributed by atoms with E-state index in [0.29, 0.717) is 18.4 Å². The average molecular weight is 342 g/mol. The molecule has 0 atom stereocenters. The van der Waals surface area contributed by atoms with Crippen LogP contribution in [0.15, 0.2) is 16.8 Å². The molecule has 2 aromatic rings. The molecule has 0 N–H and O–H groups in total. The number of carbonyl (C=O) groups is 1. The van der Waals surface area contributed by atoms with Crippen molar-refractivity contribution >= 4 is 5.91 Å². The molecule has 0 unspecified atom stereocenters. The maximum Gasteiger partial charge on any atom is 0.406 e. The van der Waals surface area contributed by atoms with Crippen LogP contribution in [0.3, 0.4) is 0 Å². The van der Waals surface area contributed by atoms with Gasteiger partial charge in [0.1, 0.15) is 12.3 Å². The third-order valence-corrected chi connectivity index (χ3v) is 4.08. The molecule has 1 aliphatic rings. The standard InChI is InChI=1S/C15H17F3N4O2/c1-9-12(20-13(24-9)10-6-19-21(2)7-10)14(23)22(8-15(16,17)18)11-4-3-5-11/h6-7,11H,3-5,8H2,1-2H3. The van der Waals surface area contributed by atoms with E-state index in [2.05, 4.69) is 10.1 Å². The monoisotopic (exact) mass is 342 g/mol. The first-order valence-electron chi connectivity index (χ1n) is 7.59. The molecule has 0 aromatic carbocycles. The first kappa shape index (κ1) is 16.5. The van der Waals surface area contributed by atoms with Crippen LogP contribution in [0, 0.1) is 6.92 Å². The second-order valence-corrected chi connectivity index (χ2v) is 5.96. The molecule has 2 aromatic heterocycles. The van der Waals surface area contributed by atoms with Gasteiger partial charge in [-0.2, -0.15) is 18.3 Å². The second kappa shape index (κ2) is 5.95. The summed E-state index contributed by atoms with van der Waals surface area (Å²) in [7, 11) is 1.72. The smallest absolute Gasteiger partial charge is 0.406 e. The molecule has 3 rings (SSSR count). The van der Waals surface area contributed by atoms with Crippen molar-refractivity contribution in [1.82, 2.24) is 19.7 Å². The lowest BCUT2D eigenvalue weighted by Gasteiger charge is -2.37. The van der Waals surface area contributed by atoms with Crippen LogP contribution in [0.1, 0.15) is 35.5 Å². The minimum atomic E-state index is -4.45. The lowest BCUT2D eigenvalue weighted by atomic mass is 9.91. The van der Waals surface area contributed by atoms with Gasteiger partial charge in [0, 0.05) is 19.3 Å². The molecule has 1 fully saturated rings. The van der Waals surface area contributed by atoms with Crippen LogP contribution in [0.5, 0.6) is 0 Å². The lowest BCUT2D eigenvalue weighted by molar-refractivity contribution is -0.147. The number of hydrogen-bond donors (Lipinski definition) is 0. The number of halogens is 3. The van der Waals surface area contributed by atoms with Gasteiger partial charge in [-0.15, -0.1) is 0 Å². The van der Waals surface area contributed by atoms with E-state index in [1.807, 2.05) is 0 Å². The summed E-state index contributed by atoms with van der Waals surface area (Å²) in [4.78, 5) is 17.6. The Balaban J connectivity index is 1.88. The minimum absolute atomic E-state index is 0.0787. The quantitative estimate of drug-likeness (QED) is 0.857. The van der Waals surface area contributed by atoms with Gasteiger partial charge in [-0.1, -0.05) is 0 Å². The maximum absolute atomic E-state index is 12.8. The van der Waals surface area contributed by atoms with Crippen molar-refractivity contribution < 1.29 is 22.4 Å². The zero-order chi connectivity index (χ0) is 17.5. The molecule has 6 nitrogen and oxygen atoms in total. The summed E-state index contributed by atoms with van der Waals surface area (Å²) >= 11 is 0. The lowest BCUT2D eigenvalue weighted by Crippen LogP contribution is -2.48. The Labute approximate surface area is 136 Å². The van der Waals surface area contributed by atoms with Gasteiger partial charge in [0.05, 0.1) is 11.8 Å². The molecule has 0 radical (unpaired) electrons. The van der Waals surface area contributed by atoms with Crippen LogP contribution in [0.4, 0.5) is 13.2 Å². The molecule has 0 bridgehead atoms. The average Bonchev–Trinajstić information content (AvgIpc) is 3.00. The molecule has 24 heavy (non-hydrogen) atoms. The van der Waals surface area contributed by atoms with E-state index in [4.69, 9.17) is 4.42 Å². The Morgan fingerprint density at radius 3 is 2.67 bits per heavy atom. The second-order valence-electron chi connectivity index (χ2n) is 5.96. The number of aromatic nitrogens is 3. The van der Waals surface area contributed by atoms with Crippen molar-refractivity contribution in [3.8, 4) is 11.5 Å². The zero-order valence-corrected chi connectivity index (χ0v) is 13.3. The Kier molecular flexibility index (Phi) is 4.10. The third kappa shape index (κ3) is 3.29. The van der Waals surface area contributed by atoms with Crippen LogP contribution in [-0.2, 0) is 7.05 Å². The van der Waals surface area contributed by atoms with Crippen LogP contribution in [0.2, 0.25) is 0 Å². The molecule has 9 heteroatoms. The predicted octanol–water partition coefficient (Wildman–Crippen LogP) is 2.94. The van der Waals surface area contributed by atoms with Gasteiger partial charge in [-0.25, -0.2) is 4.98 Å². The molecular weight excluding hydrogens is 325 g/mol. The highest BCUT2D eigenvalue weighted by Gasteiger charge is 2.40. The third-order valence-electron chi connectivity index (χ3n) is 4.08. The fourth-order valence-corrected chi connectivity index (χ4v) is 2.64. The van der Waals surface area contributed by atoms with E-state index < -0.39 is 24.7 Å². The van der Waals surface area contributed by atoms with Gasteiger partial charge in [0.2, 0.25) is 5.89 Å². The van der Waals surface area contributed by atoms with Crippen molar-refractivity contribution in [3.05, 3.63) is 23.8 Å². The molecule has 1 aliphatic carbocycles. The minimum Gasteiger partial charge on any atom is -0.440 e.